The van der Waals surface area contributed by atoms with Crippen molar-refractivity contribution in [2.24, 2.45) is 5.92 Å². The number of ether oxygens (including phenoxy) is 1. The third kappa shape index (κ3) is 7.98. The van der Waals surface area contributed by atoms with Gasteiger partial charge in [0, 0.05) is 11.5 Å². The number of allylic oxidation sites excluding steroid dienone is 1. The topological polar surface area (TPSA) is 83.8 Å². The van der Waals surface area contributed by atoms with Crippen LogP contribution in [0.2, 0.25) is 0 Å². The fourth-order valence-corrected chi connectivity index (χ4v) is 2.34. The Kier molecular flexibility index (Phi) is 9.72. The Balaban J connectivity index is 0.000000314. The first-order valence-corrected chi connectivity index (χ1v) is 8.70. The zero-order valence-corrected chi connectivity index (χ0v) is 15.6. The second-order valence-corrected chi connectivity index (χ2v) is 6.07. The van der Waals surface area contributed by atoms with Crippen LogP contribution in [-0.2, 0) is 4.79 Å². The van der Waals surface area contributed by atoms with Crippen LogP contribution < -0.4 is 4.74 Å². The van der Waals surface area contributed by atoms with Crippen LogP contribution in [0.4, 0.5) is 0 Å². The number of benzene rings is 2. The SMILES string of the molecule is C=CCC(C(C)O)C(C)O.O=C(Oc1ccccc1)C(=O)c1ccccc1. The highest BCUT2D eigenvalue weighted by molar-refractivity contribution is 6.41. The molecule has 0 aliphatic rings. The Bertz CT molecular complexity index is 700. The van der Waals surface area contributed by atoms with E-state index in [0.29, 0.717) is 17.7 Å². The van der Waals surface area contributed by atoms with Crippen LogP contribution in [0.5, 0.6) is 5.75 Å². The van der Waals surface area contributed by atoms with Crippen LogP contribution in [0, 0.1) is 5.92 Å². The lowest BCUT2D eigenvalue weighted by atomic mass is 9.94. The van der Waals surface area contributed by atoms with E-state index < -0.39 is 24.0 Å². The Morgan fingerprint density at radius 3 is 1.85 bits per heavy atom. The van der Waals surface area contributed by atoms with Crippen molar-refractivity contribution in [1.29, 1.82) is 0 Å². The molecule has 0 spiro atoms. The van der Waals surface area contributed by atoms with E-state index in [0.717, 1.165) is 0 Å². The van der Waals surface area contributed by atoms with Crippen LogP contribution in [0.15, 0.2) is 73.3 Å². The Morgan fingerprint density at radius 2 is 1.44 bits per heavy atom. The van der Waals surface area contributed by atoms with Crippen LogP contribution in [0.3, 0.4) is 0 Å². The van der Waals surface area contributed by atoms with Gasteiger partial charge in [0.2, 0.25) is 0 Å². The number of aliphatic hydroxyl groups is 2. The first kappa shape index (κ1) is 22.3. The summed E-state index contributed by atoms with van der Waals surface area (Å²) in [5.74, 6) is -1.23. The molecule has 0 amide bonds. The standard InChI is InChI=1S/C14H10O3.C8H16O2/c15-13(11-7-3-1-4-8-11)14(16)17-12-9-5-2-6-10-12;1-4-5-8(6(2)9)7(3)10/h1-10H;4,6-10H,1,5H2,2-3H3. The van der Waals surface area contributed by atoms with Gasteiger partial charge in [0.25, 0.3) is 5.78 Å². The highest BCUT2D eigenvalue weighted by Crippen LogP contribution is 2.14. The summed E-state index contributed by atoms with van der Waals surface area (Å²) >= 11 is 0. The van der Waals surface area contributed by atoms with Gasteiger partial charge in [-0.05, 0) is 32.4 Å². The predicted molar refractivity (Wildman–Crippen MR) is 105 cm³/mol. The van der Waals surface area contributed by atoms with Crippen LogP contribution in [-0.4, -0.2) is 34.2 Å². The molecule has 2 rings (SSSR count). The fraction of sp³-hybridized carbons (Fsp3) is 0.273. The van der Waals surface area contributed by atoms with Crippen molar-refractivity contribution in [3.8, 4) is 5.75 Å². The molecule has 0 saturated carbocycles. The second kappa shape index (κ2) is 11.8. The minimum atomic E-state index is -0.873. The third-order valence-corrected chi connectivity index (χ3v) is 3.85. The number of para-hydroxylation sites is 1. The van der Waals surface area contributed by atoms with E-state index in [2.05, 4.69) is 6.58 Å². The molecule has 0 bridgehead atoms. The van der Waals surface area contributed by atoms with Gasteiger partial charge >= 0.3 is 5.97 Å². The first-order chi connectivity index (χ1) is 12.9. The monoisotopic (exact) mass is 370 g/mol. The highest BCUT2D eigenvalue weighted by atomic mass is 16.5. The van der Waals surface area contributed by atoms with Gasteiger partial charge in [-0.2, -0.15) is 0 Å². The van der Waals surface area contributed by atoms with Gasteiger partial charge in [0.05, 0.1) is 12.2 Å². The predicted octanol–water partition coefficient (Wildman–Crippen LogP) is 3.42. The first-order valence-electron chi connectivity index (χ1n) is 8.70. The molecule has 5 nitrogen and oxygen atoms in total. The number of ketones is 1. The van der Waals surface area contributed by atoms with Crippen molar-refractivity contribution in [1.82, 2.24) is 0 Å². The lowest BCUT2D eigenvalue weighted by Gasteiger charge is -2.20. The summed E-state index contributed by atoms with van der Waals surface area (Å²) in [6.45, 7) is 6.91. The largest absolute Gasteiger partial charge is 0.421 e. The van der Waals surface area contributed by atoms with Gasteiger partial charge in [-0.25, -0.2) is 4.79 Å². The number of Topliss-reactive ketones (excluding diaryl/α,β-unsaturated/α-hetero) is 1. The number of carbonyl (C=O) groups excluding carboxylic acids is 2. The Hall–Kier alpha value is -2.76. The van der Waals surface area contributed by atoms with E-state index in [1.165, 1.54) is 0 Å². The van der Waals surface area contributed by atoms with E-state index in [4.69, 9.17) is 14.9 Å². The Morgan fingerprint density at radius 1 is 0.963 bits per heavy atom. The van der Waals surface area contributed by atoms with Crippen LogP contribution >= 0.6 is 0 Å². The molecule has 5 heteroatoms. The Labute approximate surface area is 159 Å². The molecule has 0 aromatic heterocycles. The van der Waals surface area contributed by atoms with Crippen molar-refractivity contribution < 1.29 is 24.5 Å². The molecule has 144 valence electrons. The average molecular weight is 370 g/mol. The molecule has 27 heavy (non-hydrogen) atoms. The molecule has 2 aromatic carbocycles. The summed E-state index contributed by atoms with van der Waals surface area (Å²) < 4.78 is 4.94. The summed E-state index contributed by atoms with van der Waals surface area (Å²) in [6.07, 6.45) is 1.45. The van der Waals surface area contributed by atoms with E-state index in [9.17, 15) is 9.59 Å². The van der Waals surface area contributed by atoms with Gasteiger partial charge in [-0.1, -0.05) is 54.6 Å². The number of hydrogen-bond acceptors (Lipinski definition) is 5. The zero-order chi connectivity index (χ0) is 20.2. The molecule has 0 saturated heterocycles. The number of hydrogen-bond donors (Lipinski definition) is 2. The summed E-state index contributed by atoms with van der Waals surface area (Å²) in [5.41, 5.74) is 0.327. The van der Waals surface area contributed by atoms with E-state index >= 15 is 0 Å². The quantitative estimate of drug-likeness (QED) is 0.257. The summed E-state index contributed by atoms with van der Waals surface area (Å²) in [5, 5.41) is 18.2. The number of esters is 1. The lowest BCUT2D eigenvalue weighted by Crippen LogP contribution is -2.26. The van der Waals surface area contributed by atoms with Crippen molar-refractivity contribution in [3.05, 3.63) is 78.9 Å². The molecule has 0 heterocycles. The maximum Gasteiger partial charge on any atom is 0.385 e. The maximum absolute atomic E-state index is 11.7. The van der Waals surface area contributed by atoms with Crippen molar-refractivity contribution in [2.75, 3.05) is 0 Å². The van der Waals surface area contributed by atoms with E-state index in [1.807, 2.05) is 0 Å². The van der Waals surface area contributed by atoms with Gasteiger partial charge < -0.3 is 14.9 Å². The molecule has 0 aliphatic heterocycles. The lowest BCUT2D eigenvalue weighted by molar-refractivity contribution is -0.129. The van der Waals surface area contributed by atoms with E-state index in [1.54, 1.807) is 80.6 Å². The molecule has 2 N–H and O–H groups in total. The average Bonchev–Trinajstić information content (AvgIpc) is 2.67. The molecule has 2 atom stereocenters. The highest BCUT2D eigenvalue weighted by Gasteiger charge is 2.18. The van der Waals surface area contributed by atoms with Gasteiger partial charge in [-0.3, -0.25) is 4.79 Å². The number of carbonyl (C=O) groups is 2. The smallest absolute Gasteiger partial charge is 0.385 e. The second-order valence-electron chi connectivity index (χ2n) is 6.07. The fourth-order valence-electron chi connectivity index (χ4n) is 2.34. The normalized spacial score (nSPS) is 13.3. The molecule has 2 aromatic rings. The van der Waals surface area contributed by atoms with Gasteiger partial charge in [-0.15, -0.1) is 6.58 Å². The van der Waals surface area contributed by atoms with E-state index in [-0.39, 0.29) is 5.92 Å². The van der Waals surface area contributed by atoms with Crippen molar-refractivity contribution >= 4 is 11.8 Å². The summed E-state index contributed by atoms with van der Waals surface area (Å²) in [6, 6.07) is 16.8. The molecule has 0 fully saturated rings. The summed E-state index contributed by atoms with van der Waals surface area (Å²) in [7, 11) is 0. The summed E-state index contributed by atoms with van der Waals surface area (Å²) in [4.78, 5) is 23.2. The van der Waals surface area contributed by atoms with Crippen molar-refractivity contribution in [2.45, 2.75) is 32.5 Å². The van der Waals surface area contributed by atoms with Gasteiger partial charge in [0.1, 0.15) is 5.75 Å². The van der Waals surface area contributed by atoms with Gasteiger partial charge in [0.15, 0.2) is 0 Å². The van der Waals surface area contributed by atoms with Crippen LogP contribution in [0.1, 0.15) is 30.6 Å². The minimum Gasteiger partial charge on any atom is -0.421 e. The molecule has 0 aliphatic carbocycles. The van der Waals surface area contributed by atoms with Crippen molar-refractivity contribution in [3.63, 3.8) is 0 Å². The molecule has 0 radical (unpaired) electrons. The number of aliphatic hydroxyl groups excluding tert-OH is 2. The minimum absolute atomic E-state index is 0.0718. The zero-order valence-electron chi connectivity index (χ0n) is 15.6. The molecular formula is C22H26O5. The number of rotatable bonds is 7. The third-order valence-electron chi connectivity index (χ3n) is 3.85. The maximum atomic E-state index is 11.7. The van der Waals surface area contributed by atoms with Crippen LogP contribution in [0.25, 0.3) is 0 Å². The molecule has 2 unspecified atom stereocenters. The molecular weight excluding hydrogens is 344 g/mol.